The SMILES string of the molecule is O=C(CNC1CCCCC1)Nc1nc2cc3nc(NC(=O)CNC4CCCCC4)sc3cc2s1. The van der Waals surface area contributed by atoms with Crippen molar-refractivity contribution in [2.45, 2.75) is 76.3 Å². The van der Waals surface area contributed by atoms with Crippen LogP contribution in [-0.2, 0) is 9.59 Å². The van der Waals surface area contributed by atoms with E-state index in [9.17, 15) is 9.59 Å². The Kier molecular flexibility index (Phi) is 7.68. The molecule has 0 spiro atoms. The zero-order chi connectivity index (χ0) is 23.3. The van der Waals surface area contributed by atoms with Crippen LogP contribution in [0.4, 0.5) is 10.3 Å². The van der Waals surface area contributed by atoms with Crippen LogP contribution in [0.15, 0.2) is 12.1 Å². The van der Waals surface area contributed by atoms with E-state index in [1.54, 1.807) is 0 Å². The summed E-state index contributed by atoms with van der Waals surface area (Å²) in [4.78, 5) is 33.9. The normalized spacial score (nSPS) is 17.9. The van der Waals surface area contributed by atoms with E-state index >= 15 is 0 Å². The number of rotatable bonds is 8. The highest BCUT2D eigenvalue weighted by molar-refractivity contribution is 7.24. The molecule has 34 heavy (non-hydrogen) atoms. The van der Waals surface area contributed by atoms with E-state index in [2.05, 4.69) is 31.2 Å². The first kappa shape index (κ1) is 23.6. The van der Waals surface area contributed by atoms with E-state index in [0.29, 0.717) is 35.4 Å². The minimum absolute atomic E-state index is 0.0589. The Bertz CT molecular complexity index is 1010. The third-order valence-electron chi connectivity index (χ3n) is 6.70. The molecule has 5 rings (SSSR count). The number of thiazole rings is 2. The predicted molar refractivity (Wildman–Crippen MR) is 140 cm³/mol. The van der Waals surface area contributed by atoms with Gasteiger partial charge in [-0.05, 0) is 37.8 Å². The van der Waals surface area contributed by atoms with E-state index in [1.165, 1.54) is 61.2 Å². The largest absolute Gasteiger partial charge is 0.306 e. The molecule has 182 valence electrons. The number of hydrogen-bond acceptors (Lipinski definition) is 8. The van der Waals surface area contributed by atoms with Crippen molar-refractivity contribution >= 4 is 65.2 Å². The van der Waals surface area contributed by atoms with E-state index in [4.69, 9.17) is 0 Å². The van der Waals surface area contributed by atoms with Gasteiger partial charge in [-0.25, -0.2) is 9.97 Å². The molecule has 4 N–H and O–H groups in total. The Morgan fingerprint density at radius 3 is 1.59 bits per heavy atom. The highest BCUT2D eigenvalue weighted by atomic mass is 32.1. The van der Waals surface area contributed by atoms with Crippen LogP contribution in [-0.4, -0.2) is 47.0 Å². The number of anilines is 2. The maximum Gasteiger partial charge on any atom is 0.240 e. The van der Waals surface area contributed by atoms with Gasteiger partial charge in [-0.3, -0.25) is 9.59 Å². The Morgan fingerprint density at radius 2 is 1.15 bits per heavy atom. The van der Waals surface area contributed by atoms with Crippen molar-refractivity contribution in [3.05, 3.63) is 12.1 Å². The number of fused-ring (bicyclic) bond motifs is 2. The van der Waals surface area contributed by atoms with Crippen molar-refractivity contribution in [1.29, 1.82) is 0 Å². The number of aromatic nitrogens is 2. The van der Waals surface area contributed by atoms with E-state index in [0.717, 1.165) is 46.1 Å². The summed E-state index contributed by atoms with van der Waals surface area (Å²) in [6, 6.07) is 4.85. The van der Waals surface area contributed by atoms with Gasteiger partial charge in [0.15, 0.2) is 10.3 Å². The van der Waals surface area contributed by atoms with Gasteiger partial charge in [0.1, 0.15) is 0 Å². The zero-order valence-corrected chi connectivity index (χ0v) is 21.0. The molecule has 2 aliphatic carbocycles. The van der Waals surface area contributed by atoms with Gasteiger partial charge in [0, 0.05) is 12.1 Å². The summed E-state index contributed by atoms with van der Waals surface area (Å²) in [7, 11) is 0. The van der Waals surface area contributed by atoms with Gasteiger partial charge in [0.05, 0.1) is 33.5 Å². The number of amides is 2. The second-order valence-corrected chi connectivity index (χ2v) is 11.4. The number of benzene rings is 1. The topological polar surface area (TPSA) is 108 Å². The molecule has 2 amide bonds. The molecule has 0 aliphatic heterocycles. The van der Waals surface area contributed by atoms with Crippen LogP contribution in [0.25, 0.3) is 20.4 Å². The van der Waals surface area contributed by atoms with Crippen molar-refractivity contribution in [1.82, 2.24) is 20.6 Å². The molecular weight excluding hydrogens is 468 g/mol. The van der Waals surface area contributed by atoms with Crippen LogP contribution >= 0.6 is 22.7 Å². The maximum absolute atomic E-state index is 12.4. The molecular formula is C24H32N6O2S2. The van der Waals surface area contributed by atoms with Gasteiger partial charge in [-0.15, -0.1) is 0 Å². The lowest BCUT2D eigenvalue weighted by Gasteiger charge is -2.22. The third-order valence-corrected chi connectivity index (χ3v) is 8.57. The fourth-order valence-corrected chi connectivity index (χ4v) is 6.75. The minimum Gasteiger partial charge on any atom is -0.306 e. The van der Waals surface area contributed by atoms with Crippen molar-refractivity contribution in [2.75, 3.05) is 23.7 Å². The minimum atomic E-state index is -0.0589. The van der Waals surface area contributed by atoms with Gasteiger partial charge < -0.3 is 21.3 Å². The summed E-state index contributed by atoms with van der Waals surface area (Å²) >= 11 is 2.92. The highest BCUT2D eigenvalue weighted by Crippen LogP contribution is 2.34. The van der Waals surface area contributed by atoms with Gasteiger partial charge in [-0.2, -0.15) is 0 Å². The van der Waals surface area contributed by atoms with Crippen LogP contribution in [0.5, 0.6) is 0 Å². The van der Waals surface area contributed by atoms with Crippen molar-refractivity contribution in [2.24, 2.45) is 0 Å². The number of hydrogen-bond donors (Lipinski definition) is 4. The standard InChI is InChI=1S/C24H32N6O2S2/c31-21(13-25-15-7-3-1-4-8-15)29-23-27-17-11-18-20(12-19(17)33-23)34-24(28-18)30-22(32)14-26-16-9-5-2-6-10-16/h11-12,15-16,25-26H,1-10,13-14H2,(H,27,29,31)(H,28,30,32). The summed E-state index contributed by atoms with van der Waals surface area (Å²) in [5, 5.41) is 13.8. The summed E-state index contributed by atoms with van der Waals surface area (Å²) in [5.74, 6) is -0.118. The quantitative estimate of drug-likeness (QED) is 0.359. The summed E-state index contributed by atoms with van der Waals surface area (Å²) in [5.41, 5.74) is 1.60. The Balaban J connectivity index is 1.16. The smallest absolute Gasteiger partial charge is 0.240 e. The molecule has 3 aromatic rings. The molecule has 0 atom stereocenters. The maximum atomic E-state index is 12.4. The number of nitrogens with one attached hydrogen (secondary N) is 4. The molecule has 0 unspecified atom stereocenters. The molecule has 2 heterocycles. The average Bonchev–Trinajstić information content (AvgIpc) is 3.42. The molecule has 2 aromatic heterocycles. The van der Waals surface area contributed by atoms with Crippen LogP contribution in [0.2, 0.25) is 0 Å². The molecule has 0 radical (unpaired) electrons. The number of carbonyl (C=O) groups excluding carboxylic acids is 2. The van der Waals surface area contributed by atoms with E-state index in [1.807, 2.05) is 12.1 Å². The van der Waals surface area contributed by atoms with Crippen molar-refractivity contribution in [3.8, 4) is 0 Å². The molecule has 0 saturated heterocycles. The van der Waals surface area contributed by atoms with Gasteiger partial charge in [-0.1, -0.05) is 61.2 Å². The van der Waals surface area contributed by atoms with Gasteiger partial charge >= 0.3 is 0 Å². The van der Waals surface area contributed by atoms with Crippen molar-refractivity contribution in [3.63, 3.8) is 0 Å². The van der Waals surface area contributed by atoms with Crippen LogP contribution in [0.3, 0.4) is 0 Å². The lowest BCUT2D eigenvalue weighted by molar-refractivity contribution is -0.116. The molecule has 2 aliphatic rings. The molecule has 2 saturated carbocycles. The first-order valence-electron chi connectivity index (χ1n) is 12.4. The van der Waals surface area contributed by atoms with Gasteiger partial charge in [0.25, 0.3) is 0 Å². The number of carbonyl (C=O) groups is 2. The zero-order valence-electron chi connectivity index (χ0n) is 19.3. The number of nitrogens with zero attached hydrogens (tertiary/aromatic N) is 2. The molecule has 1 aromatic carbocycles. The van der Waals surface area contributed by atoms with Crippen molar-refractivity contribution < 1.29 is 9.59 Å². The second-order valence-electron chi connectivity index (χ2n) is 9.35. The van der Waals surface area contributed by atoms with Crippen LogP contribution in [0, 0.1) is 0 Å². The molecule has 8 nitrogen and oxygen atoms in total. The second kappa shape index (κ2) is 11.1. The predicted octanol–water partition coefficient (Wildman–Crippen LogP) is 4.63. The van der Waals surface area contributed by atoms with Crippen LogP contribution < -0.4 is 21.3 Å². The summed E-state index contributed by atoms with van der Waals surface area (Å²) in [6.45, 7) is 0.631. The lowest BCUT2D eigenvalue weighted by Crippen LogP contribution is -2.37. The van der Waals surface area contributed by atoms with Crippen LogP contribution in [0.1, 0.15) is 64.2 Å². The molecule has 10 heteroatoms. The van der Waals surface area contributed by atoms with E-state index < -0.39 is 0 Å². The fourth-order valence-electron chi connectivity index (χ4n) is 4.87. The average molecular weight is 501 g/mol. The summed E-state index contributed by atoms with van der Waals surface area (Å²) in [6.07, 6.45) is 12.2. The fraction of sp³-hybridized carbons (Fsp3) is 0.583. The summed E-state index contributed by atoms with van der Waals surface area (Å²) < 4.78 is 1.98. The first-order valence-corrected chi connectivity index (χ1v) is 14.0. The monoisotopic (exact) mass is 500 g/mol. The highest BCUT2D eigenvalue weighted by Gasteiger charge is 2.17. The molecule has 2 fully saturated rings. The third kappa shape index (κ3) is 6.10. The first-order chi connectivity index (χ1) is 16.6. The Morgan fingerprint density at radius 1 is 0.706 bits per heavy atom. The van der Waals surface area contributed by atoms with Gasteiger partial charge in [0.2, 0.25) is 11.8 Å². The van der Waals surface area contributed by atoms with E-state index in [-0.39, 0.29) is 11.8 Å². The Hall–Kier alpha value is -2.14. The molecule has 0 bridgehead atoms. The lowest BCUT2D eigenvalue weighted by atomic mass is 9.95. The Labute approximate surface area is 207 Å².